The van der Waals surface area contributed by atoms with E-state index in [-0.39, 0.29) is 11.6 Å². The first kappa shape index (κ1) is 40.3. The van der Waals surface area contributed by atoms with Crippen LogP contribution in [0.15, 0.2) is 179 Å². The van der Waals surface area contributed by atoms with Crippen LogP contribution in [0.3, 0.4) is 0 Å². The molecular formula is C62H46F2N2O2. The lowest BCUT2D eigenvalue weighted by Crippen LogP contribution is -2.26. The SMILES string of the molecule is CC(C)(C)c1c(-c2ccccc2F)c(-n2c3ccccc3c3ccc4oc5ccccc5c4c32)c(-c2ccccc2F)c(C(C)(C)C)c1-n1c2ccccc2c2ccc3oc4ccccc4c3c21. The first-order chi connectivity index (χ1) is 32.9. The molecule has 6 heteroatoms. The Balaban J connectivity index is 1.40. The van der Waals surface area contributed by atoms with E-state index in [1.54, 1.807) is 24.3 Å². The van der Waals surface area contributed by atoms with Gasteiger partial charge in [-0.3, -0.25) is 0 Å². The van der Waals surface area contributed by atoms with Gasteiger partial charge >= 0.3 is 0 Å². The topological polar surface area (TPSA) is 36.1 Å². The fourth-order valence-corrected chi connectivity index (χ4v) is 11.5. The van der Waals surface area contributed by atoms with Gasteiger partial charge in [0.15, 0.2) is 0 Å². The highest BCUT2D eigenvalue weighted by Crippen LogP contribution is 2.56. The molecule has 0 aliphatic rings. The molecule has 0 spiro atoms. The zero-order valence-corrected chi connectivity index (χ0v) is 38.6. The average molecular weight is 889 g/mol. The van der Waals surface area contributed by atoms with Crippen molar-refractivity contribution in [3.8, 4) is 33.6 Å². The molecule has 0 N–H and O–H groups in total. The summed E-state index contributed by atoms with van der Waals surface area (Å²) >= 11 is 0. The summed E-state index contributed by atoms with van der Waals surface area (Å²) in [5.41, 5.74) is 11.1. The zero-order chi connectivity index (χ0) is 46.4. The highest BCUT2D eigenvalue weighted by molar-refractivity contribution is 6.27. The average Bonchev–Trinajstić information content (AvgIpc) is 4.08. The van der Waals surface area contributed by atoms with Crippen molar-refractivity contribution < 1.29 is 17.6 Å². The van der Waals surface area contributed by atoms with Gasteiger partial charge in [0.2, 0.25) is 0 Å². The second-order valence-corrected chi connectivity index (χ2v) is 20.2. The Kier molecular flexibility index (Phi) is 8.46. The highest BCUT2D eigenvalue weighted by Gasteiger charge is 2.40. The normalized spacial score (nSPS) is 12.7. The summed E-state index contributed by atoms with van der Waals surface area (Å²) in [6, 6.07) is 55.8. The minimum absolute atomic E-state index is 0.377. The van der Waals surface area contributed by atoms with Crippen LogP contribution in [0.2, 0.25) is 0 Å². The predicted molar refractivity (Wildman–Crippen MR) is 278 cm³/mol. The molecule has 0 fully saturated rings. The number of fused-ring (bicyclic) bond motifs is 14. The summed E-state index contributed by atoms with van der Waals surface area (Å²) in [5.74, 6) is -0.753. The molecule has 0 saturated carbocycles. The van der Waals surface area contributed by atoms with Crippen LogP contribution in [0, 0.1) is 11.6 Å². The third-order valence-electron chi connectivity index (χ3n) is 14.0. The lowest BCUT2D eigenvalue weighted by Gasteiger charge is -2.38. The van der Waals surface area contributed by atoms with Crippen molar-refractivity contribution >= 4 is 87.5 Å². The van der Waals surface area contributed by atoms with Gasteiger partial charge in [0, 0.05) is 54.6 Å². The van der Waals surface area contributed by atoms with Crippen LogP contribution >= 0.6 is 0 Å². The zero-order valence-electron chi connectivity index (χ0n) is 38.6. The van der Waals surface area contributed by atoms with E-state index in [0.717, 1.165) is 104 Å². The lowest BCUT2D eigenvalue weighted by molar-refractivity contribution is 0.564. The standard InChI is InChI=1S/C62H46F2N2O2/c1-61(2,3)55-53(39-21-7-13-25-43(39)63)59(65-45-27-15-9-19-35(45)37-31-33-49-51(57(37)65)41-23-11-17-29-47(41)67-49)54(40-22-8-14-26-44(40)64)56(62(4,5)6)60(55)66-46-28-16-10-20-36(46)38-32-34-50-52(58(38)66)42-24-12-18-30-48(42)68-50/h7-34H,1-6H3. The van der Waals surface area contributed by atoms with Gasteiger partial charge in [-0.1, -0.05) is 151 Å². The molecule has 0 aliphatic carbocycles. The Morgan fingerprint density at radius 3 is 1.15 bits per heavy atom. The smallest absolute Gasteiger partial charge is 0.137 e. The summed E-state index contributed by atoms with van der Waals surface area (Å²) in [5, 5.41) is 8.02. The van der Waals surface area contributed by atoms with E-state index in [1.807, 2.05) is 54.6 Å². The Hall–Kier alpha value is -7.96. The molecule has 4 aromatic heterocycles. The molecule has 9 aromatic carbocycles. The van der Waals surface area contributed by atoms with Crippen LogP contribution in [0.5, 0.6) is 0 Å². The summed E-state index contributed by atoms with van der Waals surface area (Å²) < 4.78 is 53.3. The Morgan fingerprint density at radius 1 is 0.353 bits per heavy atom. The van der Waals surface area contributed by atoms with Crippen molar-refractivity contribution in [1.82, 2.24) is 9.13 Å². The van der Waals surface area contributed by atoms with E-state index >= 15 is 8.78 Å². The monoisotopic (exact) mass is 888 g/mol. The number of benzene rings is 9. The van der Waals surface area contributed by atoms with Crippen molar-refractivity contribution in [3.63, 3.8) is 0 Å². The summed E-state index contributed by atoms with van der Waals surface area (Å²) in [4.78, 5) is 0. The van der Waals surface area contributed by atoms with Crippen molar-refractivity contribution in [2.24, 2.45) is 0 Å². The number of aromatic nitrogens is 2. The minimum Gasteiger partial charge on any atom is -0.456 e. The van der Waals surface area contributed by atoms with E-state index in [4.69, 9.17) is 8.83 Å². The van der Waals surface area contributed by atoms with Crippen molar-refractivity contribution in [2.45, 2.75) is 52.4 Å². The van der Waals surface area contributed by atoms with Crippen molar-refractivity contribution in [2.75, 3.05) is 0 Å². The molecule has 0 amide bonds. The van der Waals surface area contributed by atoms with Gasteiger partial charge in [0.25, 0.3) is 0 Å². The Labute approximate surface area is 391 Å². The maximum atomic E-state index is 17.7. The minimum atomic E-state index is -0.657. The van der Waals surface area contributed by atoms with Crippen molar-refractivity contribution in [3.05, 3.63) is 193 Å². The van der Waals surface area contributed by atoms with Gasteiger partial charge in [-0.15, -0.1) is 0 Å². The maximum Gasteiger partial charge on any atom is 0.137 e. The molecule has 4 heterocycles. The third-order valence-corrected chi connectivity index (χ3v) is 14.0. The van der Waals surface area contributed by atoms with Gasteiger partial charge in [-0.25, -0.2) is 8.78 Å². The molecular weight excluding hydrogens is 843 g/mol. The molecule has 330 valence electrons. The molecule has 0 bridgehead atoms. The van der Waals surface area contributed by atoms with Crippen molar-refractivity contribution in [1.29, 1.82) is 0 Å². The highest BCUT2D eigenvalue weighted by atomic mass is 19.1. The summed E-state index contributed by atoms with van der Waals surface area (Å²) in [6.45, 7) is 13.3. The Morgan fingerprint density at radius 2 is 0.721 bits per heavy atom. The van der Waals surface area contributed by atoms with E-state index in [0.29, 0.717) is 27.9 Å². The maximum absolute atomic E-state index is 17.7. The number of para-hydroxylation sites is 4. The van der Waals surface area contributed by atoms with Crippen LogP contribution in [0.25, 0.3) is 121 Å². The van der Waals surface area contributed by atoms with E-state index in [2.05, 4.69) is 142 Å². The molecule has 0 unspecified atom stereocenters. The van der Waals surface area contributed by atoms with Gasteiger partial charge in [-0.05, 0) is 82.6 Å². The lowest BCUT2D eigenvalue weighted by atomic mass is 9.71. The number of rotatable bonds is 4. The number of hydrogen-bond donors (Lipinski definition) is 0. The second-order valence-electron chi connectivity index (χ2n) is 20.2. The summed E-state index contributed by atoms with van der Waals surface area (Å²) in [6.07, 6.45) is 0. The fourth-order valence-electron chi connectivity index (χ4n) is 11.5. The molecule has 13 rings (SSSR count). The van der Waals surface area contributed by atoms with E-state index in [9.17, 15) is 0 Å². The molecule has 0 aliphatic heterocycles. The van der Waals surface area contributed by atoms with Gasteiger partial charge in [0.05, 0.1) is 44.2 Å². The van der Waals surface area contributed by atoms with Crippen LogP contribution in [0.1, 0.15) is 52.7 Å². The third kappa shape index (κ3) is 5.58. The molecule has 4 nitrogen and oxygen atoms in total. The number of halogens is 2. The fraction of sp³-hybridized carbons (Fsp3) is 0.129. The number of furan rings is 2. The number of nitrogens with zero attached hydrogens (tertiary/aromatic N) is 2. The molecule has 68 heavy (non-hydrogen) atoms. The van der Waals surface area contributed by atoms with Crippen LogP contribution in [-0.2, 0) is 10.8 Å². The predicted octanol–water partition coefficient (Wildman–Crippen LogP) is 17.9. The first-order valence-corrected chi connectivity index (χ1v) is 23.3. The molecule has 0 saturated heterocycles. The van der Waals surface area contributed by atoms with Gasteiger partial charge in [-0.2, -0.15) is 0 Å². The first-order valence-electron chi connectivity index (χ1n) is 23.3. The number of hydrogen-bond acceptors (Lipinski definition) is 2. The second kappa shape index (κ2) is 14.3. The molecule has 0 radical (unpaired) electrons. The van der Waals surface area contributed by atoms with E-state index < -0.39 is 10.8 Å². The molecule has 13 aromatic rings. The van der Waals surface area contributed by atoms with Crippen LogP contribution in [0.4, 0.5) is 8.78 Å². The van der Waals surface area contributed by atoms with Crippen LogP contribution < -0.4 is 0 Å². The van der Waals surface area contributed by atoms with E-state index in [1.165, 1.54) is 0 Å². The van der Waals surface area contributed by atoms with Gasteiger partial charge in [0.1, 0.15) is 34.0 Å². The quantitative estimate of drug-likeness (QED) is 0.176. The van der Waals surface area contributed by atoms with Gasteiger partial charge < -0.3 is 18.0 Å². The summed E-state index contributed by atoms with van der Waals surface area (Å²) in [7, 11) is 0. The largest absolute Gasteiger partial charge is 0.456 e. The van der Waals surface area contributed by atoms with Crippen LogP contribution in [-0.4, -0.2) is 9.13 Å². The molecule has 0 atom stereocenters. The Bertz CT molecular complexity index is 4170.